The molecule has 0 radical (unpaired) electrons. The molecule has 0 fully saturated rings. The standard InChI is InChI=1S/C12H16OS/c1-12(2,3)9-11(13)14-10-7-5-4-6-8-10/h4-8H,9H2,1-3H3. The highest BCUT2D eigenvalue weighted by molar-refractivity contribution is 8.13. The van der Waals surface area contributed by atoms with Crippen molar-refractivity contribution in [2.75, 3.05) is 0 Å². The SMILES string of the molecule is CC(C)(C)CC(=O)Sc1ccccc1. The van der Waals surface area contributed by atoms with Gasteiger partial charge in [-0.25, -0.2) is 0 Å². The van der Waals surface area contributed by atoms with Gasteiger partial charge in [0.1, 0.15) is 0 Å². The van der Waals surface area contributed by atoms with Gasteiger partial charge in [0.05, 0.1) is 0 Å². The van der Waals surface area contributed by atoms with Gasteiger partial charge in [-0.3, -0.25) is 4.79 Å². The van der Waals surface area contributed by atoms with Gasteiger partial charge in [-0.05, 0) is 17.5 Å². The number of hydrogen-bond acceptors (Lipinski definition) is 2. The van der Waals surface area contributed by atoms with Crippen LogP contribution in [0, 0.1) is 5.41 Å². The van der Waals surface area contributed by atoms with Crippen LogP contribution >= 0.6 is 11.8 Å². The summed E-state index contributed by atoms with van der Waals surface area (Å²) in [7, 11) is 0. The summed E-state index contributed by atoms with van der Waals surface area (Å²) in [5.41, 5.74) is 0.0822. The molecule has 0 aliphatic carbocycles. The fraction of sp³-hybridized carbons (Fsp3) is 0.417. The predicted molar refractivity (Wildman–Crippen MR) is 61.4 cm³/mol. The Kier molecular flexibility index (Phi) is 3.76. The minimum Gasteiger partial charge on any atom is -0.287 e. The van der Waals surface area contributed by atoms with Gasteiger partial charge in [-0.15, -0.1) is 0 Å². The molecule has 0 amide bonds. The summed E-state index contributed by atoms with van der Waals surface area (Å²) in [4.78, 5) is 12.6. The Labute approximate surface area is 89.9 Å². The quantitative estimate of drug-likeness (QED) is 0.689. The molecule has 0 aliphatic heterocycles. The molecule has 1 aromatic rings. The van der Waals surface area contributed by atoms with E-state index in [1.807, 2.05) is 30.3 Å². The van der Waals surface area contributed by atoms with Crippen molar-refractivity contribution < 1.29 is 4.79 Å². The molecule has 76 valence electrons. The predicted octanol–water partition coefficient (Wildman–Crippen LogP) is 3.74. The van der Waals surface area contributed by atoms with Crippen molar-refractivity contribution in [3.63, 3.8) is 0 Å². The second-order valence-electron chi connectivity index (χ2n) is 4.52. The monoisotopic (exact) mass is 208 g/mol. The lowest BCUT2D eigenvalue weighted by Gasteiger charge is -2.15. The van der Waals surface area contributed by atoms with Gasteiger partial charge in [0.25, 0.3) is 0 Å². The maximum absolute atomic E-state index is 11.6. The molecule has 0 saturated heterocycles. The van der Waals surface area contributed by atoms with Crippen molar-refractivity contribution in [1.82, 2.24) is 0 Å². The van der Waals surface area contributed by atoms with E-state index in [-0.39, 0.29) is 10.5 Å². The number of rotatable bonds is 2. The van der Waals surface area contributed by atoms with Crippen molar-refractivity contribution in [1.29, 1.82) is 0 Å². The van der Waals surface area contributed by atoms with E-state index in [9.17, 15) is 4.79 Å². The summed E-state index contributed by atoms with van der Waals surface area (Å²) in [5, 5.41) is 0.240. The first-order valence-electron chi connectivity index (χ1n) is 4.73. The molecule has 1 rings (SSSR count). The zero-order valence-corrected chi connectivity index (χ0v) is 9.73. The number of hydrogen-bond donors (Lipinski definition) is 0. The molecule has 0 N–H and O–H groups in total. The summed E-state index contributed by atoms with van der Waals surface area (Å²) in [5.74, 6) is 0. The lowest BCUT2D eigenvalue weighted by molar-refractivity contribution is -0.112. The van der Waals surface area contributed by atoms with Gasteiger partial charge < -0.3 is 0 Å². The van der Waals surface area contributed by atoms with Crippen LogP contribution in [0.25, 0.3) is 0 Å². The zero-order chi connectivity index (χ0) is 10.6. The van der Waals surface area contributed by atoms with Crippen LogP contribution in [-0.4, -0.2) is 5.12 Å². The molecule has 0 atom stereocenters. The minimum atomic E-state index is 0.0822. The van der Waals surface area contributed by atoms with E-state index < -0.39 is 0 Å². The molecule has 0 aromatic heterocycles. The van der Waals surface area contributed by atoms with Crippen LogP contribution in [0.3, 0.4) is 0 Å². The maximum atomic E-state index is 11.6. The van der Waals surface area contributed by atoms with Crippen LogP contribution in [0.15, 0.2) is 35.2 Å². The smallest absolute Gasteiger partial charge is 0.194 e. The van der Waals surface area contributed by atoms with E-state index in [1.54, 1.807) is 0 Å². The molecule has 0 spiro atoms. The van der Waals surface area contributed by atoms with Crippen LogP contribution in [0.2, 0.25) is 0 Å². The fourth-order valence-electron chi connectivity index (χ4n) is 1.09. The van der Waals surface area contributed by atoms with Crippen LogP contribution in [0.5, 0.6) is 0 Å². The van der Waals surface area contributed by atoms with E-state index >= 15 is 0 Å². The lowest BCUT2D eigenvalue weighted by atomic mass is 9.93. The van der Waals surface area contributed by atoms with Crippen molar-refractivity contribution in [2.45, 2.75) is 32.1 Å². The first-order valence-corrected chi connectivity index (χ1v) is 5.55. The average Bonchev–Trinajstić information content (AvgIpc) is 2.02. The average molecular weight is 208 g/mol. The molecule has 0 saturated carbocycles. The highest BCUT2D eigenvalue weighted by atomic mass is 32.2. The Hall–Kier alpha value is -0.760. The Morgan fingerprint density at radius 3 is 2.29 bits per heavy atom. The fourth-order valence-corrected chi connectivity index (χ4v) is 2.15. The highest BCUT2D eigenvalue weighted by Gasteiger charge is 2.16. The normalized spacial score (nSPS) is 11.4. The summed E-state index contributed by atoms with van der Waals surface area (Å²) in [6.45, 7) is 6.24. The van der Waals surface area contributed by atoms with E-state index in [4.69, 9.17) is 0 Å². The van der Waals surface area contributed by atoms with Crippen LogP contribution in [0.1, 0.15) is 27.2 Å². The van der Waals surface area contributed by atoms with Gasteiger partial charge in [0, 0.05) is 11.3 Å². The molecule has 0 aliphatic rings. The largest absolute Gasteiger partial charge is 0.287 e. The Morgan fingerprint density at radius 1 is 1.21 bits per heavy atom. The van der Waals surface area contributed by atoms with Crippen molar-refractivity contribution >= 4 is 16.9 Å². The molecular weight excluding hydrogens is 192 g/mol. The molecule has 2 heteroatoms. The molecule has 14 heavy (non-hydrogen) atoms. The number of benzene rings is 1. The maximum Gasteiger partial charge on any atom is 0.194 e. The topological polar surface area (TPSA) is 17.1 Å². The number of carbonyl (C=O) groups is 1. The Morgan fingerprint density at radius 2 is 1.79 bits per heavy atom. The summed E-state index contributed by atoms with van der Waals surface area (Å²) < 4.78 is 0. The molecule has 1 nitrogen and oxygen atoms in total. The van der Waals surface area contributed by atoms with Gasteiger partial charge in [0.2, 0.25) is 0 Å². The second kappa shape index (κ2) is 4.65. The van der Waals surface area contributed by atoms with E-state index in [0.29, 0.717) is 6.42 Å². The van der Waals surface area contributed by atoms with Crippen molar-refractivity contribution in [3.8, 4) is 0 Å². The summed E-state index contributed by atoms with van der Waals surface area (Å²) >= 11 is 1.33. The molecule has 0 bridgehead atoms. The number of carbonyl (C=O) groups excluding carboxylic acids is 1. The lowest BCUT2D eigenvalue weighted by Crippen LogP contribution is -2.10. The van der Waals surface area contributed by atoms with Gasteiger partial charge in [0.15, 0.2) is 5.12 Å². The minimum absolute atomic E-state index is 0.0822. The van der Waals surface area contributed by atoms with E-state index in [2.05, 4.69) is 20.8 Å². The molecule has 0 unspecified atom stereocenters. The van der Waals surface area contributed by atoms with Gasteiger partial charge in [-0.2, -0.15) is 0 Å². The third kappa shape index (κ3) is 4.47. The Balaban J connectivity index is 2.50. The first kappa shape index (κ1) is 11.3. The van der Waals surface area contributed by atoms with Crippen LogP contribution in [0.4, 0.5) is 0 Å². The van der Waals surface area contributed by atoms with Crippen LogP contribution in [-0.2, 0) is 4.79 Å². The van der Waals surface area contributed by atoms with Crippen molar-refractivity contribution in [3.05, 3.63) is 30.3 Å². The zero-order valence-electron chi connectivity index (χ0n) is 8.91. The van der Waals surface area contributed by atoms with Crippen molar-refractivity contribution in [2.24, 2.45) is 5.41 Å². The molecular formula is C12H16OS. The first-order chi connectivity index (χ1) is 6.47. The number of thioether (sulfide) groups is 1. The second-order valence-corrected chi connectivity index (χ2v) is 5.66. The van der Waals surface area contributed by atoms with Crippen LogP contribution < -0.4 is 0 Å². The third-order valence-electron chi connectivity index (χ3n) is 1.65. The summed E-state index contributed by atoms with van der Waals surface area (Å²) in [6, 6.07) is 9.79. The molecule has 0 heterocycles. The van der Waals surface area contributed by atoms with E-state index in [1.165, 1.54) is 11.8 Å². The van der Waals surface area contributed by atoms with E-state index in [0.717, 1.165) is 4.90 Å². The van der Waals surface area contributed by atoms with Gasteiger partial charge in [-0.1, -0.05) is 50.7 Å². The summed E-state index contributed by atoms with van der Waals surface area (Å²) in [6.07, 6.45) is 0.618. The van der Waals surface area contributed by atoms with Gasteiger partial charge >= 0.3 is 0 Å². The highest BCUT2D eigenvalue weighted by Crippen LogP contribution is 2.26. The molecule has 1 aromatic carbocycles. The Bertz CT molecular complexity index is 298. The third-order valence-corrected chi connectivity index (χ3v) is 2.53.